The van der Waals surface area contributed by atoms with Gasteiger partial charge >= 0.3 is 6.18 Å². The zero-order valence-electron chi connectivity index (χ0n) is 10.3. The lowest BCUT2D eigenvalue weighted by Crippen LogP contribution is -2.16. The fourth-order valence-corrected chi connectivity index (χ4v) is 1.86. The highest BCUT2D eigenvalue weighted by Gasteiger charge is 2.34. The van der Waals surface area contributed by atoms with Crippen molar-refractivity contribution in [2.45, 2.75) is 6.18 Å². The maximum absolute atomic E-state index is 13.0. The van der Waals surface area contributed by atoms with E-state index < -0.39 is 29.2 Å². The van der Waals surface area contributed by atoms with Crippen LogP contribution in [-0.2, 0) is 6.18 Å². The molecule has 0 bridgehead atoms. The van der Waals surface area contributed by atoms with Gasteiger partial charge in [-0.15, -0.1) is 0 Å². The summed E-state index contributed by atoms with van der Waals surface area (Å²) in [5, 5.41) is 2.00. The van der Waals surface area contributed by atoms with Crippen LogP contribution in [0.3, 0.4) is 0 Å². The fourth-order valence-electron chi connectivity index (χ4n) is 1.68. The molecule has 0 aromatic heterocycles. The Hall–Kier alpha value is -2.08. The number of halogens is 5. The monoisotopic (exact) mass is 317 g/mol. The minimum atomic E-state index is -4.67. The molecule has 0 fully saturated rings. The number of carbonyl (C=O) groups excluding carboxylic acids is 1. The predicted octanol–water partition coefficient (Wildman–Crippen LogP) is 4.75. The summed E-state index contributed by atoms with van der Waals surface area (Å²) in [7, 11) is 0. The van der Waals surface area contributed by atoms with Crippen LogP contribution in [0, 0.1) is 5.82 Å². The Balaban J connectivity index is 2.34. The lowest BCUT2D eigenvalue weighted by atomic mass is 10.1. The molecule has 0 saturated heterocycles. The van der Waals surface area contributed by atoms with Crippen LogP contribution in [0.4, 0.5) is 23.2 Å². The van der Waals surface area contributed by atoms with Crippen molar-refractivity contribution in [3.63, 3.8) is 0 Å². The largest absolute Gasteiger partial charge is 0.418 e. The van der Waals surface area contributed by atoms with Crippen LogP contribution >= 0.6 is 11.6 Å². The average molecular weight is 318 g/mol. The minimum absolute atomic E-state index is 0.0851. The number of carbonyl (C=O) groups is 1. The first-order valence-electron chi connectivity index (χ1n) is 5.71. The van der Waals surface area contributed by atoms with Gasteiger partial charge < -0.3 is 5.32 Å². The van der Waals surface area contributed by atoms with Crippen LogP contribution in [-0.4, -0.2) is 5.91 Å². The lowest BCUT2D eigenvalue weighted by Gasteiger charge is -2.14. The van der Waals surface area contributed by atoms with E-state index in [0.29, 0.717) is 6.07 Å². The van der Waals surface area contributed by atoms with Gasteiger partial charge in [-0.1, -0.05) is 17.7 Å². The van der Waals surface area contributed by atoms with Crippen molar-refractivity contribution in [2.75, 3.05) is 5.32 Å². The van der Waals surface area contributed by atoms with Crippen molar-refractivity contribution < 1.29 is 22.4 Å². The summed E-state index contributed by atoms with van der Waals surface area (Å²) in [5.74, 6) is -1.50. The van der Waals surface area contributed by atoms with Crippen molar-refractivity contribution in [2.24, 2.45) is 0 Å². The normalized spacial score (nSPS) is 11.3. The Bertz CT molecular complexity index is 685. The van der Waals surface area contributed by atoms with Crippen molar-refractivity contribution in [1.82, 2.24) is 0 Å². The maximum Gasteiger partial charge on any atom is 0.418 e. The van der Waals surface area contributed by atoms with Crippen LogP contribution < -0.4 is 5.32 Å². The van der Waals surface area contributed by atoms with E-state index >= 15 is 0 Å². The van der Waals surface area contributed by atoms with Crippen LogP contribution in [0.5, 0.6) is 0 Å². The first kappa shape index (κ1) is 15.3. The Morgan fingerprint density at radius 1 is 1.10 bits per heavy atom. The topological polar surface area (TPSA) is 29.1 Å². The van der Waals surface area contributed by atoms with Gasteiger partial charge in [0.15, 0.2) is 0 Å². The van der Waals surface area contributed by atoms with E-state index in [1.807, 2.05) is 0 Å². The molecule has 2 nitrogen and oxygen atoms in total. The molecule has 1 amide bonds. The van der Waals surface area contributed by atoms with E-state index in [0.717, 1.165) is 18.2 Å². The number of benzene rings is 2. The molecule has 0 aliphatic heterocycles. The Morgan fingerprint density at radius 2 is 1.81 bits per heavy atom. The molecule has 1 N–H and O–H groups in total. The maximum atomic E-state index is 13.0. The van der Waals surface area contributed by atoms with E-state index in [1.54, 1.807) is 0 Å². The van der Waals surface area contributed by atoms with Crippen LogP contribution in [0.2, 0.25) is 5.02 Å². The molecule has 0 heterocycles. The van der Waals surface area contributed by atoms with E-state index in [9.17, 15) is 22.4 Å². The third-order valence-electron chi connectivity index (χ3n) is 2.62. The van der Waals surface area contributed by atoms with Gasteiger partial charge in [-0.25, -0.2) is 4.39 Å². The standard InChI is InChI=1S/C14H8ClF4NO/c15-9-4-5-12(11(7-9)14(17,18)19)20-13(21)8-2-1-3-10(16)6-8/h1-7H,(H,20,21). The molecule has 21 heavy (non-hydrogen) atoms. The Labute approximate surface area is 122 Å². The van der Waals surface area contributed by atoms with Gasteiger partial charge in [0.05, 0.1) is 11.3 Å². The van der Waals surface area contributed by atoms with Gasteiger partial charge in [-0.2, -0.15) is 13.2 Å². The van der Waals surface area contributed by atoms with Gasteiger partial charge in [0, 0.05) is 10.6 Å². The Kier molecular flexibility index (Phi) is 4.18. The molecule has 2 aromatic carbocycles. The molecule has 0 aliphatic rings. The first-order chi connectivity index (χ1) is 9.77. The second-order valence-electron chi connectivity index (χ2n) is 4.15. The molecule has 0 saturated carbocycles. The molecule has 7 heteroatoms. The van der Waals surface area contributed by atoms with Gasteiger partial charge in [0.2, 0.25) is 0 Å². The summed E-state index contributed by atoms with van der Waals surface area (Å²) < 4.78 is 51.6. The highest BCUT2D eigenvalue weighted by Crippen LogP contribution is 2.36. The molecule has 110 valence electrons. The van der Waals surface area contributed by atoms with Crippen molar-refractivity contribution >= 4 is 23.2 Å². The third kappa shape index (κ3) is 3.72. The number of hydrogen-bond donors (Lipinski definition) is 1. The van der Waals surface area contributed by atoms with Crippen molar-refractivity contribution in [3.05, 3.63) is 64.4 Å². The van der Waals surface area contributed by atoms with Crippen molar-refractivity contribution in [1.29, 1.82) is 0 Å². The molecule has 0 atom stereocenters. The summed E-state index contributed by atoms with van der Waals surface area (Å²) in [5.41, 5.74) is -1.60. The number of rotatable bonds is 2. The van der Waals surface area contributed by atoms with E-state index in [4.69, 9.17) is 11.6 Å². The summed E-state index contributed by atoms with van der Waals surface area (Å²) >= 11 is 5.53. The molecule has 0 radical (unpaired) electrons. The smallest absolute Gasteiger partial charge is 0.321 e. The van der Waals surface area contributed by atoms with Crippen LogP contribution in [0.1, 0.15) is 15.9 Å². The molecule has 0 aliphatic carbocycles. The van der Waals surface area contributed by atoms with Gasteiger partial charge in [-0.3, -0.25) is 4.79 Å². The van der Waals surface area contributed by atoms with Gasteiger partial charge in [-0.05, 0) is 36.4 Å². The average Bonchev–Trinajstić information content (AvgIpc) is 2.39. The van der Waals surface area contributed by atoms with E-state index in [2.05, 4.69) is 5.32 Å². The highest BCUT2D eigenvalue weighted by atomic mass is 35.5. The molecular weight excluding hydrogens is 310 g/mol. The van der Waals surface area contributed by atoms with Gasteiger partial charge in [0.25, 0.3) is 5.91 Å². The second kappa shape index (κ2) is 5.73. The first-order valence-corrected chi connectivity index (χ1v) is 6.09. The molecule has 0 spiro atoms. The Morgan fingerprint density at radius 3 is 2.43 bits per heavy atom. The second-order valence-corrected chi connectivity index (χ2v) is 4.59. The van der Waals surface area contributed by atoms with Crippen LogP contribution in [0.15, 0.2) is 42.5 Å². The summed E-state index contributed by atoms with van der Waals surface area (Å²) in [4.78, 5) is 11.9. The molecule has 2 aromatic rings. The molecule has 0 unspecified atom stereocenters. The summed E-state index contributed by atoms with van der Waals surface area (Å²) in [6.45, 7) is 0. The highest BCUT2D eigenvalue weighted by molar-refractivity contribution is 6.30. The molecule has 2 rings (SSSR count). The summed E-state index contributed by atoms with van der Waals surface area (Å²) in [6.07, 6.45) is -4.67. The quantitative estimate of drug-likeness (QED) is 0.796. The number of alkyl halides is 3. The number of nitrogens with one attached hydrogen (secondary N) is 1. The zero-order chi connectivity index (χ0) is 15.6. The summed E-state index contributed by atoms with van der Waals surface area (Å²) in [6, 6.07) is 7.61. The van der Waals surface area contributed by atoms with E-state index in [-0.39, 0.29) is 10.6 Å². The predicted molar refractivity (Wildman–Crippen MR) is 70.8 cm³/mol. The SMILES string of the molecule is O=C(Nc1ccc(Cl)cc1C(F)(F)F)c1cccc(F)c1. The zero-order valence-corrected chi connectivity index (χ0v) is 11.1. The number of hydrogen-bond acceptors (Lipinski definition) is 1. The van der Waals surface area contributed by atoms with Crippen LogP contribution in [0.25, 0.3) is 0 Å². The van der Waals surface area contributed by atoms with Crippen molar-refractivity contribution in [3.8, 4) is 0 Å². The molecular formula is C14H8ClF4NO. The van der Waals surface area contributed by atoms with Gasteiger partial charge in [0.1, 0.15) is 5.82 Å². The van der Waals surface area contributed by atoms with E-state index in [1.165, 1.54) is 18.2 Å². The third-order valence-corrected chi connectivity index (χ3v) is 2.86. The lowest BCUT2D eigenvalue weighted by molar-refractivity contribution is -0.136. The number of anilines is 1. The number of amides is 1. The fraction of sp³-hybridized carbons (Fsp3) is 0.0714. The minimum Gasteiger partial charge on any atom is -0.321 e.